The quantitative estimate of drug-likeness (QED) is 0.690. The summed E-state index contributed by atoms with van der Waals surface area (Å²) in [6.07, 6.45) is 4.97. The van der Waals surface area contributed by atoms with E-state index in [0.29, 0.717) is 20.7 Å². The molecular weight excluding hydrogens is 310 g/mol. The van der Waals surface area contributed by atoms with Crippen molar-refractivity contribution in [2.24, 2.45) is 0 Å². The fourth-order valence-electron chi connectivity index (χ4n) is 3.20. The molecule has 0 saturated carbocycles. The number of thiophene rings is 1. The number of hydrogen-bond donors (Lipinski definition) is 0. The summed E-state index contributed by atoms with van der Waals surface area (Å²) in [4.78, 5) is 33.0. The van der Waals surface area contributed by atoms with E-state index in [-0.39, 0.29) is 17.5 Å². The first-order valence-corrected chi connectivity index (χ1v) is 8.69. The Morgan fingerprint density at radius 1 is 1.35 bits per heavy atom. The summed E-state index contributed by atoms with van der Waals surface area (Å²) in [5.74, 6) is 0.0219. The van der Waals surface area contributed by atoms with Crippen LogP contribution in [0.4, 0.5) is 0 Å². The first kappa shape index (κ1) is 14.4. The minimum Gasteiger partial charge on any atom is -0.335 e. The Morgan fingerprint density at radius 2 is 2.22 bits per heavy atom. The van der Waals surface area contributed by atoms with Gasteiger partial charge in [0.1, 0.15) is 10.5 Å². The highest BCUT2D eigenvalue weighted by Gasteiger charge is 2.26. The second-order valence-electron chi connectivity index (χ2n) is 6.02. The number of amides is 1. The lowest BCUT2D eigenvalue weighted by Gasteiger charge is -2.33. The SMILES string of the molecule is C[C@@H]1CCCCN1C(=O)c1cc2c(=O)n3ccccc3nc2s1. The van der Waals surface area contributed by atoms with Crippen LogP contribution in [0.3, 0.4) is 0 Å². The van der Waals surface area contributed by atoms with E-state index in [1.165, 1.54) is 22.2 Å². The van der Waals surface area contributed by atoms with E-state index in [0.717, 1.165) is 19.4 Å². The Labute approximate surface area is 137 Å². The van der Waals surface area contributed by atoms with Gasteiger partial charge in [0.25, 0.3) is 11.5 Å². The van der Waals surface area contributed by atoms with Gasteiger partial charge in [-0.3, -0.25) is 14.0 Å². The van der Waals surface area contributed by atoms with E-state index >= 15 is 0 Å². The van der Waals surface area contributed by atoms with E-state index in [1.54, 1.807) is 24.4 Å². The summed E-state index contributed by atoms with van der Waals surface area (Å²) in [5.41, 5.74) is 0.491. The van der Waals surface area contributed by atoms with Crippen LogP contribution in [0, 0.1) is 0 Å². The first-order valence-electron chi connectivity index (χ1n) is 7.87. The molecule has 1 aliphatic heterocycles. The van der Waals surface area contributed by atoms with Gasteiger partial charge < -0.3 is 4.90 Å². The smallest absolute Gasteiger partial charge is 0.266 e. The highest BCUT2D eigenvalue weighted by Crippen LogP contribution is 2.26. The van der Waals surface area contributed by atoms with Gasteiger partial charge in [-0.15, -0.1) is 11.3 Å². The van der Waals surface area contributed by atoms with Crippen molar-refractivity contribution in [2.45, 2.75) is 32.2 Å². The van der Waals surface area contributed by atoms with Gasteiger partial charge in [-0.1, -0.05) is 6.07 Å². The summed E-state index contributed by atoms with van der Waals surface area (Å²) < 4.78 is 1.52. The molecule has 4 heterocycles. The Hall–Kier alpha value is -2.21. The maximum absolute atomic E-state index is 12.8. The Kier molecular flexibility index (Phi) is 3.41. The molecule has 0 aromatic carbocycles. The van der Waals surface area contributed by atoms with Crippen LogP contribution in [-0.2, 0) is 0 Å². The zero-order valence-electron chi connectivity index (χ0n) is 12.9. The van der Waals surface area contributed by atoms with E-state index in [2.05, 4.69) is 11.9 Å². The van der Waals surface area contributed by atoms with Gasteiger partial charge >= 0.3 is 0 Å². The minimum absolute atomic E-state index is 0.0219. The Balaban J connectivity index is 1.82. The molecule has 1 saturated heterocycles. The van der Waals surface area contributed by atoms with Crippen LogP contribution >= 0.6 is 11.3 Å². The normalized spacial score (nSPS) is 18.7. The van der Waals surface area contributed by atoms with Crippen molar-refractivity contribution < 1.29 is 4.79 Å². The number of pyridine rings is 1. The molecule has 23 heavy (non-hydrogen) atoms. The topological polar surface area (TPSA) is 54.7 Å². The van der Waals surface area contributed by atoms with Gasteiger partial charge in [0.05, 0.1) is 10.3 Å². The predicted octanol–water partition coefficient (Wildman–Crippen LogP) is 2.92. The molecule has 6 heteroatoms. The van der Waals surface area contributed by atoms with Crippen molar-refractivity contribution >= 4 is 33.1 Å². The highest BCUT2D eigenvalue weighted by molar-refractivity contribution is 7.20. The van der Waals surface area contributed by atoms with Gasteiger partial charge in [0.15, 0.2) is 0 Å². The van der Waals surface area contributed by atoms with E-state index < -0.39 is 0 Å². The molecule has 0 radical (unpaired) electrons. The molecule has 1 fully saturated rings. The standard InChI is InChI=1S/C17H17N3O2S/c1-11-6-2-4-8-19(11)17(22)13-10-12-15(23-13)18-14-7-3-5-9-20(14)16(12)21/h3,5,7,9-11H,2,4,6,8H2,1H3/t11-/m1/s1. The van der Waals surface area contributed by atoms with Crippen molar-refractivity contribution in [1.82, 2.24) is 14.3 Å². The van der Waals surface area contributed by atoms with E-state index in [4.69, 9.17) is 0 Å². The van der Waals surface area contributed by atoms with Gasteiger partial charge in [-0.25, -0.2) is 4.98 Å². The van der Waals surface area contributed by atoms with Crippen molar-refractivity contribution in [3.05, 3.63) is 45.7 Å². The molecule has 0 unspecified atom stereocenters. The van der Waals surface area contributed by atoms with Crippen LogP contribution in [0.1, 0.15) is 35.9 Å². The third-order valence-electron chi connectivity index (χ3n) is 4.49. The number of piperidine rings is 1. The zero-order chi connectivity index (χ0) is 16.0. The highest BCUT2D eigenvalue weighted by atomic mass is 32.1. The average Bonchev–Trinajstić information content (AvgIpc) is 2.99. The average molecular weight is 327 g/mol. The van der Waals surface area contributed by atoms with Gasteiger partial charge in [-0.05, 0) is 44.4 Å². The maximum Gasteiger partial charge on any atom is 0.266 e. The molecule has 3 aromatic rings. The summed E-state index contributed by atoms with van der Waals surface area (Å²) in [7, 11) is 0. The number of fused-ring (bicyclic) bond motifs is 2. The van der Waals surface area contributed by atoms with Crippen LogP contribution in [0.25, 0.3) is 15.9 Å². The minimum atomic E-state index is -0.118. The second-order valence-corrected chi connectivity index (χ2v) is 7.05. The number of nitrogens with zero attached hydrogens (tertiary/aromatic N) is 3. The first-order chi connectivity index (χ1) is 11.1. The summed E-state index contributed by atoms with van der Waals surface area (Å²) in [5, 5.41) is 0.520. The fourth-order valence-corrected chi connectivity index (χ4v) is 4.18. The third kappa shape index (κ3) is 2.34. The number of rotatable bonds is 1. The Morgan fingerprint density at radius 3 is 3.04 bits per heavy atom. The Bertz CT molecular complexity index is 959. The zero-order valence-corrected chi connectivity index (χ0v) is 13.7. The number of aromatic nitrogens is 2. The summed E-state index contributed by atoms with van der Waals surface area (Å²) in [6.45, 7) is 2.88. The number of hydrogen-bond acceptors (Lipinski definition) is 4. The molecule has 0 spiro atoms. The van der Waals surface area contributed by atoms with Crippen LogP contribution < -0.4 is 5.56 Å². The van der Waals surface area contributed by atoms with Gasteiger partial charge in [0.2, 0.25) is 0 Å². The predicted molar refractivity (Wildman–Crippen MR) is 91.2 cm³/mol. The number of carbonyl (C=O) groups excluding carboxylic acids is 1. The number of carbonyl (C=O) groups is 1. The molecular formula is C17H17N3O2S. The summed E-state index contributed by atoms with van der Waals surface area (Å²) in [6, 6.07) is 7.42. The lowest BCUT2D eigenvalue weighted by Crippen LogP contribution is -2.41. The summed E-state index contributed by atoms with van der Waals surface area (Å²) >= 11 is 1.31. The molecule has 1 amide bonds. The van der Waals surface area contributed by atoms with Gasteiger partial charge in [0, 0.05) is 18.8 Å². The molecule has 0 N–H and O–H groups in total. The van der Waals surface area contributed by atoms with Crippen molar-refractivity contribution in [3.8, 4) is 0 Å². The van der Waals surface area contributed by atoms with Crippen LogP contribution in [-0.4, -0.2) is 32.8 Å². The lowest BCUT2D eigenvalue weighted by atomic mass is 10.0. The molecule has 5 nitrogen and oxygen atoms in total. The van der Waals surface area contributed by atoms with Crippen molar-refractivity contribution in [3.63, 3.8) is 0 Å². The molecule has 0 aliphatic carbocycles. The molecule has 3 aromatic heterocycles. The molecule has 118 valence electrons. The molecule has 1 atom stereocenters. The molecule has 0 bridgehead atoms. The van der Waals surface area contributed by atoms with Gasteiger partial charge in [-0.2, -0.15) is 0 Å². The molecule has 4 rings (SSSR count). The lowest BCUT2D eigenvalue weighted by molar-refractivity contribution is 0.0641. The third-order valence-corrected chi connectivity index (χ3v) is 5.51. The van der Waals surface area contributed by atoms with Crippen LogP contribution in [0.15, 0.2) is 35.3 Å². The van der Waals surface area contributed by atoms with E-state index in [1.807, 2.05) is 11.0 Å². The van der Waals surface area contributed by atoms with Crippen LogP contribution in [0.5, 0.6) is 0 Å². The van der Waals surface area contributed by atoms with Crippen molar-refractivity contribution in [1.29, 1.82) is 0 Å². The van der Waals surface area contributed by atoms with Crippen LogP contribution in [0.2, 0.25) is 0 Å². The maximum atomic E-state index is 12.8. The van der Waals surface area contributed by atoms with E-state index in [9.17, 15) is 9.59 Å². The second kappa shape index (κ2) is 5.45. The molecule has 1 aliphatic rings. The largest absolute Gasteiger partial charge is 0.335 e. The fraction of sp³-hybridized carbons (Fsp3) is 0.353. The monoisotopic (exact) mass is 327 g/mol. The number of likely N-dealkylation sites (tertiary alicyclic amines) is 1. The van der Waals surface area contributed by atoms with Crippen molar-refractivity contribution in [2.75, 3.05) is 6.54 Å².